The summed E-state index contributed by atoms with van der Waals surface area (Å²) < 4.78 is 22.5. The van der Waals surface area contributed by atoms with Gasteiger partial charge in [0.15, 0.2) is 11.5 Å². The molecule has 0 fully saturated rings. The van der Waals surface area contributed by atoms with Gasteiger partial charge in [-0.2, -0.15) is 0 Å². The van der Waals surface area contributed by atoms with E-state index in [0.29, 0.717) is 29.6 Å². The molecule has 0 amide bonds. The highest BCUT2D eigenvalue weighted by Gasteiger charge is 2.25. The summed E-state index contributed by atoms with van der Waals surface area (Å²) in [6, 6.07) is 5.86. The van der Waals surface area contributed by atoms with Crippen molar-refractivity contribution in [2.24, 2.45) is 0 Å². The fourth-order valence-electron chi connectivity index (χ4n) is 2.50. The van der Waals surface area contributed by atoms with Crippen LogP contribution >= 0.6 is 0 Å². The van der Waals surface area contributed by atoms with E-state index in [2.05, 4.69) is 0 Å². The van der Waals surface area contributed by atoms with Gasteiger partial charge in [-0.3, -0.25) is 4.79 Å². The zero-order valence-corrected chi connectivity index (χ0v) is 14.9. The lowest BCUT2D eigenvalue weighted by Gasteiger charge is -2.20. The van der Waals surface area contributed by atoms with Gasteiger partial charge < -0.3 is 18.9 Å². The Labute approximate surface area is 142 Å². The quantitative estimate of drug-likeness (QED) is 0.560. The normalized spacial score (nSPS) is 10.5. The van der Waals surface area contributed by atoms with E-state index in [0.717, 1.165) is 22.8 Å². The summed E-state index contributed by atoms with van der Waals surface area (Å²) in [5, 5.41) is 1.59. The summed E-state index contributed by atoms with van der Waals surface area (Å²) in [6.45, 7) is 6.33. The number of esters is 1. The molecule has 2 aromatic rings. The second-order valence-corrected chi connectivity index (χ2v) is 5.45. The Morgan fingerprint density at radius 1 is 0.958 bits per heavy atom. The highest BCUT2D eigenvalue weighted by Crippen LogP contribution is 2.51. The topological polar surface area (TPSA) is 54.0 Å². The lowest BCUT2D eigenvalue weighted by Crippen LogP contribution is -2.09. The SMILES string of the molecule is CCCOc1c(OC)c(OC)c(OC(=O)CC)c2ccc(C)cc12. The molecule has 5 heteroatoms. The van der Waals surface area contributed by atoms with Crippen LogP contribution in [0.2, 0.25) is 0 Å². The molecular formula is C19H24O5. The molecule has 2 aromatic carbocycles. The minimum atomic E-state index is -0.334. The first-order valence-corrected chi connectivity index (χ1v) is 8.09. The molecule has 24 heavy (non-hydrogen) atoms. The molecule has 5 nitrogen and oxygen atoms in total. The maximum Gasteiger partial charge on any atom is 0.311 e. The van der Waals surface area contributed by atoms with Crippen molar-refractivity contribution in [2.75, 3.05) is 20.8 Å². The minimum Gasteiger partial charge on any atom is -0.490 e. The number of carbonyl (C=O) groups is 1. The monoisotopic (exact) mass is 332 g/mol. The third kappa shape index (κ3) is 3.40. The second kappa shape index (κ2) is 7.90. The van der Waals surface area contributed by atoms with Crippen LogP contribution in [-0.2, 0) is 4.79 Å². The Morgan fingerprint density at radius 2 is 1.62 bits per heavy atom. The zero-order chi connectivity index (χ0) is 17.7. The Hall–Kier alpha value is -2.43. The van der Waals surface area contributed by atoms with E-state index in [-0.39, 0.29) is 12.4 Å². The molecule has 0 saturated carbocycles. The Balaban J connectivity index is 2.81. The van der Waals surface area contributed by atoms with E-state index < -0.39 is 0 Å². The third-order valence-electron chi connectivity index (χ3n) is 3.65. The van der Waals surface area contributed by atoms with E-state index in [1.54, 1.807) is 14.0 Å². The standard InChI is InChI=1S/C19H24O5/c1-6-10-23-16-14-11-12(3)8-9-13(14)17(24-15(20)7-2)19(22-5)18(16)21-4/h8-9,11H,6-7,10H2,1-5H3. The molecule has 0 unspecified atom stereocenters. The molecule has 0 aliphatic carbocycles. The highest BCUT2D eigenvalue weighted by atomic mass is 16.6. The smallest absolute Gasteiger partial charge is 0.311 e. The summed E-state index contributed by atoms with van der Waals surface area (Å²) in [4.78, 5) is 11.9. The van der Waals surface area contributed by atoms with Crippen molar-refractivity contribution < 1.29 is 23.7 Å². The minimum absolute atomic E-state index is 0.271. The molecule has 2 rings (SSSR count). The number of rotatable bonds is 7. The van der Waals surface area contributed by atoms with Crippen LogP contribution < -0.4 is 18.9 Å². The van der Waals surface area contributed by atoms with E-state index in [9.17, 15) is 4.79 Å². The van der Waals surface area contributed by atoms with E-state index in [1.807, 2.05) is 32.0 Å². The van der Waals surface area contributed by atoms with Gasteiger partial charge in [-0.1, -0.05) is 31.5 Å². The first-order valence-electron chi connectivity index (χ1n) is 8.09. The van der Waals surface area contributed by atoms with Crippen LogP contribution in [0.15, 0.2) is 18.2 Å². The Morgan fingerprint density at radius 3 is 2.21 bits per heavy atom. The van der Waals surface area contributed by atoms with Crippen LogP contribution in [0.4, 0.5) is 0 Å². The van der Waals surface area contributed by atoms with Crippen molar-refractivity contribution >= 4 is 16.7 Å². The third-order valence-corrected chi connectivity index (χ3v) is 3.65. The van der Waals surface area contributed by atoms with E-state index >= 15 is 0 Å². The van der Waals surface area contributed by atoms with Crippen LogP contribution in [0.5, 0.6) is 23.0 Å². The van der Waals surface area contributed by atoms with Gasteiger partial charge in [0.1, 0.15) is 0 Å². The fourth-order valence-corrected chi connectivity index (χ4v) is 2.50. The maximum absolute atomic E-state index is 11.9. The van der Waals surface area contributed by atoms with Gasteiger partial charge in [0, 0.05) is 17.2 Å². The van der Waals surface area contributed by atoms with Gasteiger partial charge >= 0.3 is 5.97 Å². The molecule has 0 aromatic heterocycles. The van der Waals surface area contributed by atoms with Crippen LogP contribution in [0.1, 0.15) is 32.3 Å². The number of hydrogen-bond acceptors (Lipinski definition) is 5. The Bertz CT molecular complexity index is 736. The number of methoxy groups -OCH3 is 2. The predicted octanol–water partition coefficient (Wildman–Crippen LogP) is 4.27. The van der Waals surface area contributed by atoms with Crippen molar-refractivity contribution in [3.8, 4) is 23.0 Å². The average molecular weight is 332 g/mol. The summed E-state index contributed by atoms with van der Waals surface area (Å²) in [7, 11) is 3.06. The largest absolute Gasteiger partial charge is 0.490 e. The molecule has 0 heterocycles. The summed E-state index contributed by atoms with van der Waals surface area (Å²) in [5.74, 6) is 1.43. The lowest BCUT2D eigenvalue weighted by molar-refractivity contribution is -0.134. The number of carbonyl (C=O) groups excluding carboxylic acids is 1. The van der Waals surface area contributed by atoms with Gasteiger partial charge in [0.2, 0.25) is 11.5 Å². The van der Waals surface area contributed by atoms with Crippen molar-refractivity contribution in [3.63, 3.8) is 0 Å². The Kier molecular flexibility index (Phi) is 5.90. The first kappa shape index (κ1) is 17.9. The summed E-state index contributed by atoms with van der Waals surface area (Å²) in [6.07, 6.45) is 1.14. The van der Waals surface area contributed by atoms with E-state index in [1.165, 1.54) is 7.11 Å². The molecule has 0 bridgehead atoms. The molecule has 0 saturated heterocycles. The van der Waals surface area contributed by atoms with Crippen LogP contribution in [0.3, 0.4) is 0 Å². The highest BCUT2D eigenvalue weighted by molar-refractivity contribution is 6.00. The molecule has 0 spiro atoms. The number of ether oxygens (including phenoxy) is 4. The van der Waals surface area contributed by atoms with Gasteiger partial charge in [0.05, 0.1) is 20.8 Å². The van der Waals surface area contributed by atoms with E-state index in [4.69, 9.17) is 18.9 Å². The fraction of sp³-hybridized carbons (Fsp3) is 0.421. The van der Waals surface area contributed by atoms with Gasteiger partial charge in [-0.15, -0.1) is 0 Å². The average Bonchev–Trinajstić information content (AvgIpc) is 2.59. The summed E-state index contributed by atoms with van der Waals surface area (Å²) >= 11 is 0. The number of aryl methyl sites for hydroxylation is 1. The summed E-state index contributed by atoms with van der Waals surface area (Å²) in [5.41, 5.74) is 1.07. The maximum atomic E-state index is 11.9. The molecule has 0 atom stereocenters. The lowest BCUT2D eigenvalue weighted by atomic mass is 10.0. The van der Waals surface area contributed by atoms with Crippen LogP contribution in [0, 0.1) is 6.92 Å². The first-order chi connectivity index (χ1) is 11.6. The number of fused-ring (bicyclic) bond motifs is 1. The predicted molar refractivity (Wildman–Crippen MR) is 93.5 cm³/mol. The van der Waals surface area contributed by atoms with Gasteiger partial charge in [0.25, 0.3) is 0 Å². The molecule has 130 valence electrons. The van der Waals surface area contributed by atoms with Crippen LogP contribution in [-0.4, -0.2) is 26.8 Å². The molecule has 0 aliphatic heterocycles. The van der Waals surface area contributed by atoms with Gasteiger partial charge in [-0.05, 0) is 19.4 Å². The second-order valence-electron chi connectivity index (χ2n) is 5.45. The van der Waals surface area contributed by atoms with Crippen molar-refractivity contribution in [2.45, 2.75) is 33.6 Å². The zero-order valence-electron chi connectivity index (χ0n) is 14.9. The molecule has 0 radical (unpaired) electrons. The molecular weight excluding hydrogens is 308 g/mol. The van der Waals surface area contributed by atoms with Crippen molar-refractivity contribution in [3.05, 3.63) is 23.8 Å². The molecule has 0 aliphatic rings. The van der Waals surface area contributed by atoms with Crippen molar-refractivity contribution in [1.82, 2.24) is 0 Å². The number of benzene rings is 2. The van der Waals surface area contributed by atoms with Gasteiger partial charge in [-0.25, -0.2) is 0 Å². The number of hydrogen-bond donors (Lipinski definition) is 0. The van der Waals surface area contributed by atoms with Crippen molar-refractivity contribution in [1.29, 1.82) is 0 Å². The molecule has 0 N–H and O–H groups in total. The van der Waals surface area contributed by atoms with Crippen LogP contribution in [0.25, 0.3) is 10.8 Å².